The van der Waals surface area contributed by atoms with Crippen molar-refractivity contribution in [1.29, 1.82) is 0 Å². The zero-order valence-electron chi connectivity index (χ0n) is 14.3. The van der Waals surface area contributed by atoms with E-state index in [2.05, 4.69) is 27.5 Å². The van der Waals surface area contributed by atoms with Gasteiger partial charge in [-0.15, -0.1) is 0 Å². The van der Waals surface area contributed by atoms with E-state index in [9.17, 15) is 4.79 Å². The van der Waals surface area contributed by atoms with Crippen LogP contribution >= 0.6 is 0 Å². The fraction of sp³-hybridized carbons (Fsp3) is 0.375. The lowest BCUT2D eigenvalue weighted by atomic mass is 10.2. The van der Waals surface area contributed by atoms with E-state index in [1.165, 1.54) is 0 Å². The van der Waals surface area contributed by atoms with Gasteiger partial charge in [0.05, 0.1) is 24.6 Å². The first kappa shape index (κ1) is 16.0. The molecule has 0 saturated heterocycles. The number of carbonyl (C=O) groups excluding carboxylic acids is 1. The Kier molecular flexibility index (Phi) is 4.20. The van der Waals surface area contributed by atoms with Crippen LogP contribution in [0, 0.1) is 13.8 Å². The van der Waals surface area contributed by atoms with Crippen molar-refractivity contribution in [2.24, 2.45) is 7.05 Å². The molecule has 24 heavy (non-hydrogen) atoms. The monoisotopic (exact) mass is 327 g/mol. The summed E-state index contributed by atoms with van der Waals surface area (Å²) in [4.78, 5) is 12.2. The second-order valence-electron chi connectivity index (χ2n) is 5.75. The van der Waals surface area contributed by atoms with E-state index in [1.807, 2.05) is 31.8 Å². The molecule has 0 fully saturated rings. The number of carbonyl (C=O) groups is 1. The molecule has 3 rings (SSSR count). The van der Waals surface area contributed by atoms with Crippen molar-refractivity contribution >= 4 is 11.6 Å². The molecule has 8 heteroatoms. The average molecular weight is 327 g/mol. The first-order valence-electron chi connectivity index (χ1n) is 7.83. The van der Waals surface area contributed by atoms with Crippen LogP contribution in [-0.4, -0.2) is 35.2 Å². The summed E-state index contributed by atoms with van der Waals surface area (Å²) in [6.07, 6.45) is 5.29. The Hall–Kier alpha value is -2.90. The van der Waals surface area contributed by atoms with Crippen molar-refractivity contribution in [3.05, 3.63) is 47.3 Å². The van der Waals surface area contributed by atoms with E-state index in [1.54, 1.807) is 27.8 Å². The second-order valence-corrected chi connectivity index (χ2v) is 5.75. The summed E-state index contributed by atoms with van der Waals surface area (Å²) in [5.41, 5.74) is 4.20. The third kappa shape index (κ3) is 3.08. The van der Waals surface area contributed by atoms with Gasteiger partial charge in [0.2, 0.25) is 0 Å². The third-order valence-electron chi connectivity index (χ3n) is 4.07. The standard InChI is InChI=1S/C16H21N7O/c1-5-23-12(3)13(7-18-23)9-22-10-14(8-17-22)19-16(24)15-6-11(2)21(4)20-15/h6-8,10H,5,9H2,1-4H3,(H,19,24). The summed E-state index contributed by atoms with van der Waals surface area (Å²) in [6.45, 7) is 7.47. The molecule has 0 radical (unpaired) electrons. The highest BCUT2D eigenvalue weighted by atomic mass is 16.2. The summed E-state index contributed by atoms with van der Waals surface area (Å²) < 4.78 is 5.40. The van der Waals surface area contributed by atoms with Gasteiger partial charge in [0.15, 0.2) is 5.69 Å². The maximum atomic E-state index is 12.2. The number of aromatic nitrogens is 6. The van der Waals surface area contributed by atoms with Crippen molar-refractivity contribution < 1.29 is 4.79 Å². The topological polar surface area (TPSA) is 82.6 Å². The van der Waals surface area contributed by atoms with Gasteiger partial charge in [0.1, 0.15) is 0 Å². The van der Waals surface area contributed by atoms with Crippen LogP contribution in [-0.2, 0) is 20.1 Å². The third-order valence-corrected chi connectivity index (χ3v) is 4.07. The molecule has 0 bridgehead atoms. The van der Waals surface area contributed by atoms with Gasteiger partial charge < -0.3 is 5.32 Å². The van der Waals surface area contributed by atoms with E-state index in [-0.39, 0.29) is 5.91 Å². The van der Waals surface area contributed by atoms with Gasteiger partial charge in [0, 0.05) is 36.7 Å². The van der Waals surface area contributed by atoms with Gasteiger partial charge in [-0.2, -0.15) is 15.3 Å². The Bertz CT molecular complexity index is 852. The molecule has 3 aromatic heterocycles. The normalized spacial score (nSPS) is 11.0. The summed E-state index contributed by atoms with van der Waals surface area (Å²) in [5.74, 6) is -0.242. The van der Waals surface area contributed by atoms with E-state index in [0.717, 1.165) is 23.5 Å². The Labute approximate surface area is 140 Å². The molecule has 1 amide bonds. The van der Waals surface area contributed by atoms with Gasteiger partial charge in [-0.25, -0.2) is 0 Å². The Morgan fingerprint density at radius 2 is 2.04 bits per heavy atom. The van der Waals surface area contributed by atoms with Crippen LogP contribution in [0.2, 0.25) is 0 Å². The molecule has 0 aliphatic carbocycles. The lowest BCUT2D eigenvalue weighted by Gasteiger charge is -2.03. The first-order chi connectivity index (χ1) is 11.5. The molecule has 3 heterocycles. The average Bonchev–Trinajstić information content (AvgIpc) is 3.22. The lowest BCUT2D eigenvalue weighted by Crippen LogP contribution is -2.12. The van der Waals surface area contributed by atoms with E-state index in [4.69, 9.17) is 0 Å². The summed E-state index contributed by atoms with van der Waals surface area (Å²) in [7, 11) is 1.81. The molecule has 0 atom stereocenters. The number of amides is 1. The molecule has 0 aromatic carbocycles. The van der Waals surface area contributed by atoms with Crippen LogP contribution in [0.1, 0.15) is 34.4 Å². The minimum Gasteiger partial charge on any atom is -0.318 e. The molecule has 3 aromatic rings. The Morgan fingerprint density at radius 3 is 2.67 bits per heavy atom. The summed E-state index contributed by atoms with van der Waals surface area (Å²) in [6, 6.07) is 1.75. The number of nitrogens with one attached hydrogen (secondary N) is 1. The van der Waals surface area contributed by atoms with Crippen LogP contribution < -0.4 is 5.32 Å². The highest BCUT2D eigenvalue weighted by Crippen LogP contribution is 2.12. The second kappa shape index (κ2) is 6.31. The smallest absolute Gasteiger partial charge is 0.276 e. The number of aryl methyl sites for hydroxylation is 3. The largest absolute Gasteiger partial charge is 0.318 e. The van der Waals surface area contributed by atoms with Crippen LogP contribution in [0.25, 0.3) is 0 Å². The van der Waals surface area contributed by atoms with Gasteiger partial charge in [-0.1, -0.05) is 0 Å². The van der Waals surface area contributed by atoms with Crippen molar-refractivity contribution in [1.82, 2.24) is 29.3 Å². The van der Waals surface area contributed by atoms with Crippen molar-refractivity contribution in [3.8, 4) is 0 Å². The number of rotatable bonds is 5. The highest BCUT2D eigenvalue weighted by Gasteiger charge is 2.13. The van der Waals surface area contributed by atoms with Crippen LogP contribution in [0.5, 0.6) is 0 Å². The summed E-state index contributed by atoms with van der Waals surface area (Å²) >= 11 is 0. The quantitative estimate of drug-likeness (QED) is 0.774. The fourth-order valence-electron chi connectivity index (χ4n) is 2.52. The molecule has 0 aliphatic heterocycles. The van der Waals surface area contributed by atoms with Gasteiger partial charge in [-0.3, -0.25) is 18.8 Å². The minimum absolute atomic E-state index is 0.242. The molecule has 0 unspecified atom stereocenters. The maximum absolute atomic E-state index is 12.2. The number of hydrogen-bond donors (Lipinski definition) is 1. The SMILES string of the molecule is CCn1ncc(Cn2cc(NC(=O)c3cc(C)n(C)n3)cn2)c1C. The molecule has 0 aliphatic rings. The first-order valence-corrected chi connectivity index (χ1v) is 7.83. The van der Waals surface area contributed by atoms with Crippen molar-refractivity contribution in [2.75, 3.05) is 5.32 Å². The zero-order valence-corrected chi connectivity index (χ0v) is 14.3. The van der Waals surface area contributed by atoms with Gasteiger partial charge >= 0.3 is 0 Å². The van der Waals surface area contributed by atoms with E-state index in [0.29, 0.717) is 17.9 Å². The predicted molar refractivity (Wildman–Crippen MR) is 89.9 cm³/mol. The van der Waals surface area contributed by atoms with Crippen LogP contribution in [0.4, 0.5) is 5.69 Å². The summed E-state index contributed by atoms with van der Waals surface area (Å²) in [5, 5.41) is 15.6. The lowest BCUT2D eigenvalue weighted by molar-refractivity contribution is 0.102. The molecule has 0 spiro atoms. The molecule has 8 nitrogen and oxygen atoms in total. The zero-order chi connectivity index (χ0) is 17.3. The van der Waals surface area contributed by atoms with Crippen LogP contribution in [0.15, 0.2) is 24.7 Å². The number of hydrogen-bond acceptors (Lipinski definition) is 4. The number of nitrogens with zero attached hydrogens (tertiary/aromatic N) is 6. The van der Waals surface area contributed by atoms with Gasteiger partial charge in [0.25, 0.3) is 5.91 Å². The van der Waals surface area contributed by atoms with E-state index >= 15 is 0 Å². The van der Waals surface area contributed by atoms with E-state index < -0.39 is 0 Å². The molecular weight excluding hydrogens is 306 g/mol. The molecule has 1 N–H and O–H groups in total. The Balaban J connectivity index is 1.69. The van der Waals surface area contributed by atoms with Crippen molar-refractivity contribution in [3.63, 3.8) is 0 Å². The predicted octanol–water partition coefficient (Wildman–Crippen LogP) is 1.75. The highest BCUT2D eigenvalue weighted by molar-refractivity contribution is 6.02. The molecule has 0 saturated carbocycles. The Morgan fingerprint density at radius 1 is 1.25 bits per heavy atom. The van der Waals surface area contributed by atoms with Crippen LogP contribution in [0.3, 0.4) is 0 Å². The fourth-order valence-corrected chi connectivity index (χ4v) is 2.52. The van der Waals surface area contributed by atoms with Crippen molar-refractivity contribution in [2.45, 2.75) is 33.9 Å². The maximum Gasteiger partial charge on any atom is 0.276 e. The van der Waals surface area contributed by atoms with Gasteiger partial charge in [-0.05, 0) is 26.8 Å². The number of anilines is 1. The minimum atomic E-state index is -0.242. The molecule has 126 valence electrons. The molecular formula is C16H21N7O.